The van der Waals surface area contributed by atoms with E-state index < -0.39 is 5.82 Å². The molecule has 2 N–H and O–H groups in total. The van der Waals surface area contributed by atoms with Crippen molar-refractivity contribution < 1.29 is 14.0 Å². The third-order valence-corrected chi connectivity index (χ3v) is 4.98. The molecular weight excluding hydrogens is 419 g/mol. The van der Waals surface area contributed by atoms with Crippen LogP contribution in [-0.4, -0.2) is 17.6 Å². The number of benzene rings is 2. The number of thioether (sulfide) groups is 1. The molecule has 0 fully saturated rings. The van der Waals surface area contributed by atoms with E-state index in [0.29, 0.717) is 10.9 Å². The van der Waals surface area contributed by atoms with Crippen molar-refractivity contribution in [3.05, 3.63) is 52.8 Å². The van der Waals surface area contributed by atoms with Crippen molar-refractivity contribution >= 4 is 50.9 Å². The summed E-state index contributed by atoms with van der Waals surface area (Å²) in [6, 6.07) is 11.8. The maximum atomic E-state index is 13.7. The Bertz CT molecular complexity index is 769. The first-order valence-electron chi connectivity index (χ1n) is 8.25. The highest BCUT2D eigenvalue weighted by Gasteiger charge is 2.08. The van der Waals surface area contributed by atoms with Crippen LogP contribution >= 0.6 is 27.7 Å². The zero-order valence-electron chi connectivity index (χ0n) is 14.4. The first-order chi connectivity index (χ1) is 12.5. The lowest BCUT2D eigenvalue weighted by molar-refractivity contribution is -0.116. The van der Waals surface area contributed by atoms with Crippen LogP contribution in [0.3, 0.4) is 0 Å². The number of amides is 2. The molecule has 0 saturated heterocycles. The lowest BCUT2D eigenvalue weighted by Crippen LogP contribution is -2.15. The van der Waals surface area contributed by atoms with Crippen molar-refractivity contribution in [2.45, 2.75) is 31.1 Å². The van der Waals surface area contributed by atoms with Crippen LogP contribution in [-0.2, 0) is 9.59 Å². The Morgan fingerprint density at radius 1 is 1.08 bits per heavy atom. The molecule has 7 heteroatoms. The maximum absolute atomic E-state index is 13.7. The van der Waals surface area contributed by atoms with Crippen LogP contribution in [0.5, 0.6) is 0 Å². The molecule has 138 valence electrons. The molecule has 0 radical (unpaired) electrons. The van der Waals surface area contributed by atoms with E-state index in [9.17, 15) is 14.0 Å². The average Bonchev–Trinajstić information content (AvgIpc) is 2.62. The minimum atomic E-state index is -0.485. The molecule has 0 bridgehead atoms. The van der Waals surface area contributed by atoms with Crippen molar-refractivity contribution in [2.75, 3.05) is 16.4 Å². The maximum Gasteiger partial charge on any atom is 0.234 e. The van der Waals surface area contributed by atoms with Crippen LogP contribution in [0.25, 0.3) is 0 Å². The van der Waals surface area contributed by atoms with Gasteiger partial charge in [-0.15, -0.1) is 11.8 Å². The quantitative estimate of drug-likeness (QED) is 0.538. The number of hydrogen-bond acceptors (Lipinski definition) is 3. The molecule has 0 aliphatic rings. The van der Waals surface area contributed by atoms with Gasteiger partial charge in [-0.3, -0.25) is 9.59 Å². The fourth-order valence-electron chi connectivity index (χ4n) is 2.12. The molecule has 2 rings (SSSR count). The molecule has 0 aliphatic carbocycles. The zero-order valence-corrected chi connectivity index (χ0v) is 16.8. The number of hydrogen-bond donors (Lipinski definition) is 2. The summed E-state index contributed by atoms with van der Waals surface area (Å²) in [5, 5.41) is 5.39. The molecule has 26 heavy (non-hydrogen) atoms. The number of unbranched alkanes of at least 4 members (excludes halogenated alkanes) is 1. The monoisotopic (exact) mass is 438 g/mol. The second kappa shape index (κ2) is 10.3. The van der Waals surface area contributed by atoms with Gasteiger partial charge in [-0.05, 0) is 48.9 Å². The minimum Gasteiger partial charge on any atom is -0.326 e. The molecule has 2 aromatic carbocycles. The predicted octanol–water partition coefficient (Wildman–Crippen LogP) is 5.45. The number of nitrogens with one attached hydrogen (secondary N) is 2. The Morgan fingerprint density at radius 2 is 1.81 bits per heavy atom. The van der Waals surface area contributed by atoms with E-state index >= 15 is 0 Å². The summed E-state index contributed by atoms with van der Waals surface area (Å²) >= 11 is 4.52. The Hall–Kier alpha value is -1.86. The second-order valence-electron chi connectivity index (χ2n) is 5.64. The molecule has 2 aromatic rings. The molecule has 4 nitrogen and oxygen atoms in total. The Balaban J connectivity index is 1.81. The summed E-state index contributed by atoms with van der Waals surface area (Å²) < 4.78 is 14.3. The summed E-state index contributed by atoms with van der Waals surface area (Å²) in [4.78, 5) is 24.6. The van der Waals surface area contributed by atoms with Crippen LogP contribution in [0.15, 0.2) is 51.8 Å². The summed E-state index contributed by atoms with van der Waals surface area (Å²) in [5.41, 5.74) is 0.890. The predicted molar refractivity (Wildman–Crippen MR) is 108 cm³/mol. The zero-order chi connectivity index (χ0) is 18.9. The van der Waals surface area contributed by atoms with Crippen LogP contribution < -0.4 is 10.6 Å². The van der Waals surface area contributed by atoms with Crippen molar-refractivity contribution in [2.24, 2.45) is 0 Å². The molecule has 0 unspecified atom stereocenters. The van der Waals surface area contributed by atoms with Gasteiger partial charge in [0.15, 0.2) is 0 Å². The van der Waals surface area contributed by atoms with E-state index in [0.717, 1.165) is 23.4 Å². The van der Waals surface area contributed by atoms with Gasteiger partial charge in [-0.25, -0.2) is 4.39 Å². The summed E-state index contributed by atoms with van der Waals surface area (Å²) in [5.74, 6) is -0.602. The number of rotatable bonds is 8. The molecule has 0 spiro atoms. The van der Waals surface area contributed by atoms with Gasteiger partial charge in [0.2, 0.25) is 11.8 Å². The third kappa shape index (κ3) is 6.80. The average molecular weight is 439 g/mol. The fourth-order valence-corrected chi connectivity index (χ4v) is 3.15. The first-order valence-corrected chi connectivity index (χ1v) is 10.0. The van der Waals surface area contributed by atoms with Gasteiger partial charge >= 0.3 is 0 Å². The van der Waals surface area contributed by atoms with Crippen molar-refractivity contribution in [1.82, 2.24) is 0 Å². The van der Waals surface area contributed by atoms with E-state index in [-0.39, 0.29) is 23.3 Å². The normalized spacial score (nSPS) is 10.4. The summed E-state index contributed by atoms with van der Waals surface area (Å²) in [6.07, 6.45) is 2.36. The van der Waals surface area contributed by atoms with E-state index in [1.165, 1.54) is 23.9 Å². The lowest BCUT2D eigenvalue weighted by atomic mass is 10.2. The van der Waals surface area contributed by atoms with Gasteiger partial charge in [-0.2, -0.15) is 0 Å². The molecule has 0 heterocycles. The minimum absolute atomic E-state index is 0.00292. The molecule has 0 aromatic heterocycles. The van der Waals surface area contributed by atoms with Gasteiger partial charge in [0, 0.05) is 21.5 Å². The summed E-state index contributed by atoms with van der Waals surface area (Å²) in [6.45, 7) is 2.04. The first kappa shape index (κ1) is 20.5. The van der Waals surface area contributed by atoms with Crippen LogP contribution in [0.1, 0.15) is 26.2 Å². The van der Waals surface area contributed by atoms with E-state index in [1.807, 2.05) is 19.1 Å². The van der Waals surface area contributed by atoms with Crippen molar-refractivity contribution in [3.63, 3.8) is 0 Å². The molecular formula is C19H20BrFN2O2S. The van der Waals surface area contributed by atoms with Crippen molar-refractivity contribution in [3.8, 4) is 0 Å². The van der Waals surface area contributed by atoms with Gasteiger partial charge < -0.3 is 10.6 Å². The largest absolute Gasteiger partial charge is 0.326 e. The number of carbonyl (C=O) groups excluding carboxylic acids is 2. The van der Waals surface area contributed by atoms with E-state index in [2.05, 4.69) is 26.6 Å². The fraction of sp³-hybridized carbons (Fsp3) is 0.263. The number of anilines is 2. The van der Waals surface area contributed by atoms with Crippen LogP contribution in [0, 0.1) is 5.82 Å². The van der Waals surface area contributed by atoms with Crippen LogP contribution in [0.4, 0.5) is 15.8 Å². The van der Waals surface area contributed by atoms with Gasteiger partial charge in [-0.1, -0.05) is 29.3 Å². The van der Waals surface area contributed by atoms with Gasteiger partial charge in [0.25, 0.3) is 0 Å². The smallest absolute Gasteiger partial charge is 0.234 e. The standard InChI is InChI=1S/C19H20BrFN2O2S/c1-2-3-4-18(24)22-14-6-8-15(9-7-14)26-12-19(25)23-17-10-5-13(20)11-16(17)21/h5-11H,2-4,12H2,1H3,(H,22,24)(H,23,25). The SMILES string of the molecule is CCCCC(=O)Nc1ccc(SCC(=O)Nc2ccc(Br)cc2F)cc1. The Kier molecular flexibility index (Phi) is 8.12. The Morgan fingerprint density at radius 3 is 2.46 bits per heavy atom. The molecule has 2 amide bonds. The van der Waals surface area contributed by atoms with E-state index in [4.69, 9.17) is 0 Å². The number of carbonyl (C=O) groups is 2. The number of halogens is 2. The molecule has 0 saturated carbocycles. The van der Waals surface area contributed by atoms with E-state index in [1.54, 1.807) is 18.2 Å². The van der Waals surface area contributed by atoms with Crippen molar-refractivity contribution in [1.29, 1.82) is 0 Å². The highest BCUT2D eigenvalue weighted by Crippen LogP contribution is 2.22. The van der Waals surface area contributed by atoms with Crippen LogP contribution in [0.2, 0.25) is 0 Å². The second-order valence-corrected chi connectivity index (χ2v) is 7.60. The highest BCUT2D eigenvalue weighted by molar-refractivity contribution is 9.10. The third-order valence-electron chi connectivity index (χ3n) is 3.47. The topological polar surface area (TPSA) is 58.2 Å². The molecule has 0 atom stereocenters. The van der Waals surface area contributed by atoms with Gasteiger partial charge in [0.1, 0.15) is 5.82 Å². The highest BCUT2D eigenvalue weighted by atomic mass is 79.9. The Labute approximate surface area is 165 Å². The summed E-state index contributed by atoms with van der Waals surface area (Å²) in [7, 11) is 0. The lowest BCUT2D eigenvalue weighted by Gasteiger charge is -2.08. The van der Waals surface area contributed by atoms with Gasteiger partial charge in [0.05, 0.1) is 11.4 Å². The molecule has 0 aliphatic heterocycles.